The van der Waals surface area contributed by atoms with Crippen molar-refractivity contribution in [1.82, 2.24) is 13.8 Å². The molecule has 6 rings (SSSR count). The highest BCUT2D eigenvalue weighted by Crippen LogP contribution is 2.35. The number of carbonyl (C=O) groups excluding carboxylic acids is 1. The molecular weight excluding hydrogens is 552 g/mol. The molecule has 2 N–H and O–H groups in total. The minimum atomic E-state index is -4.12. The van der Waals surface area contributed by atoms with Crippen LogP contribution in [0.5, 0.6) is 17.2 Å². The second kappa shape index (κ2) is 10.6. The molecule has 0 aliphatic heterocycles. The van der Waals surface area contributed by atoms with E-state index in [0.717, 1.165) is 9.54 Å². The fraction of sp³-hybridized carbons (Fsp3) is 0.0625. The van der Waals surface area contributed by atoms with Gasteiger partial charge in [0.2, 0.25) is 5.78 Å². The minimum Gasteiger partial charge on any atom is -0.493 e. The zero-order valence-corrected chi connectivity index (χ0v) is 23.6. The van der Waals surface area contributed by atoms with E-state index in [1.54, 1.807) is 60.7 Å². The van der Waals surface area contributed by atoms with Gasteiger partial charge in [0.25, 0.3) is 10.0 Å². The summed E-state index contributed by atoms with van der Waals surface area (Å²) in [4.78, 5) is 14.0. The van der Waals surface area contributed by atoms with Crippen LogP contribution < -0.4 is 15.2 Å². The fourth-order valence-electron chi connectivity index (χ4n) is 4.73. The number of aromatic nitrogens is 3. The van der Waals surface area contributed by atoms with Gasteiger partial charge in [-0.25, -0.2) is 17.1 Å². The summed E-state index contributed by atoms with van der Waals surface area (Å²) in [6.07, 6.45) is 1.33. The van der Waals surface area contributed by atoms with Crippen LogP contribution >= 0.6 is 0 Å². The lowest BCUT2D eigenvalue weighted by atomic mass is 10.1. The topological polar surface area (TPSA) is 118 Å². The van der Waals surface area contributed by atoms with Crippen LogP contribution in [0.3, 0.4) is 0 Å². The molecule has 0 fully saturated rings. The average Bonchev–Trinajstić information content (AvgIpc) is 3.59. The van der Waals surface area contributed by atoms with Crippen molar-refractivity contribution in [2.75, 3.05) is 12.8 Å². The number of nitrogens with zero attached hydrogens (tertiary/aromatic N) is 3. The van der Waals surface area contributed by atoms with Gasteiger partial charge in [0, 0.05) is 11.5 Å². The zero-order chi connectivity index (χ0) is 29.4. The van der Waals surface area contributed by atoms with E-state index in [4.69, 9.17) is 15.2 Å². The third kappa shape index (κ3) is 4.67. The van der Waals surface area contributed by atoms with Crippen LogP contribution in [0.15, 0.2) is 114 Å². The second-order valence-corrected chi connectivity index (χ2v) is 11.4. The van der Waals surface area contributed by atoms with E-state index in [9.17, 15) is 13.2 Å². The van der Waals surface area contributed by atoms with Gasteiger partial charge in [-0.05, 0) is 55.5 Å². The van der Waals surface area contributed by atoms with Crippen LogP contribution in [0, 0.1) is 6.92 Å². The molecule has 0 saturated heterocycles. The lowest BCUT2D eigenvalue weighted by Gasteiger charge is -2.13. The van der Waals surface area contributed by atoms with Gasteiger partial charge in [-0.15, -0.1) is 0 Å². The molecule has 0 atom stereocenters. The van der Waals surface area contributed by atoms with Gasteiger partial charge in [-0.2, -0.15) is 5.10 Å². The van der Waals surface area contributed by atoms with Gasteiger partial charge in [0.1, 0.15) is 17.3 Å². The largest absolute Gasteiger partial charge is 0.493 e. The molecule has 0 bridgehead atoms. The molecule has 4 aromatic carbocycles. The Balaban J connectivity index is 1.40. The molecule has 6 aromatic rings. The summed E-state index contributed by atoms with van der Waals surface area (Å²) >= 11 is 0. The number of hydrogen-bond donors (Lipinski definition) is 1. The Morgan fingerprint density at radius 3 is 2.31 bits per heavy atom. The molecule has 0 radical (unpaired) electrons. The second-order valence-electron chi connectivity index (χ2n) is 9.61. The van der Waals surface area contributed by atoms with Crippen molar-refractivity contribution in [3.05, 3.63) is 126 Å². The number of nitrogen functional groups attached to an aromatic ring is 1. The minimum absolute atomic E-state index is 0.0447. The highest BCUT2D eigenvalue weighted by Gasteiger charge is 2.29. The van der Waals surface area contributed by atoms with Gasteiger partial charge in [0.15, 0.2) is 11.5 Å². The summed E-state index contributed by atoms with van der Waals surface area (Å²) in [5.41, 5.74) is 8.29. The number of anilines is 1. The number of carbonyl (C=O) groups is 1. The molecule has 2 heterocycles. The predicted molar refractivity (Wildman–Crippen MR) is 160 cm³/mol. The molecule has 0 amide bonds. The SMILES string of the molecule is COc1cc(-n2ncc(C(=O)c3cc4ccccc4n3S(=O)(=O)c3ccc(C)cc3)c2N)ccc1Oc1ccccc1. The van der Waals surface area contributed by atoms with Crippen LogP contribution in [-0.4, -0.2) is 35.1 Å². The Hall–Kier alpha value is -5.35. The molecule has 0 spiro atoms. The van der Waals surface area contributed by atoms with E-state index in [0.29, 0.717) is 33.8 Å². The van der Waals surface area contributed by atoms with E-state index < -0.39 is 15.8 Å². The van der Waals surface area contributed by atoms with Crippen molar-refractivity contribution < 1.29 is 22.7 Å². The molecule has 0 unspecified atom stereocenters. The number of rotatable bonds is 8. The number of methoxy groups -OCH3 is 1. The van der Waals surface area contributed by atoms with Gasteiger partial charge in [-0.3, -0.25) is 4.79 Å². The van der Waals surface area contributed by atoms with Crippen LogP contribution in [-0.2, 0) is 10.0 Å². The summed E-state index contributed by atoms with van der Waals surface area (Å²) in [7, 11) is -2.60. The normalized spacial score (nSPS) is 11.5. The summed E-state index contributed by atoms with van der Waals surface area (Å²) < 4.78 is 41.7. The predicted octanol–water partition coefficient (Wildman–Crippen LogP) is 5.99. The van der Waals surface area contributed by atoms with Crippen LogP contribution in [0.2, 0.25) is 0 Å². The summed E-state index contributed by atoms with van der Waals surface area (Å²) in [6, 6.07) is 29.4. The van der Waals surface area contributed by atoms with E-state index in [1.807, 2.05) is 37.3 Å². The average molecular weight is 579 g/mol. The molecule has 10 heteroatoms. The van der Waals surface area contributed by atoms with Crippen LogP contribution in [0.1, 0.15) is 21.6 Å². The molecular formula is C32H26N4O5S. The number of aryl methyl sites for hydroxylation is 1. The molecule has 0 saturated carbocycles. The number of ketones is 1. The van der Waals surface area contributed by atoms with Crippen molar-refractivity contribution in [2.45, 2.75) is 11.8 Å². The van der Waals surface area contributed by atoms with E-state index in [1.165, 1.54) is 30.1 Å². The molecule has 0 aliphatic rings. The fourth-order valence-corrected chi connectivity index (χ4v) is 6.24. The maximum absolute atomic E-state index is 14.0. The molecule has 210 valence electrons. The first-order valence-corrected chi connectivity index (χ1v) is 14.4. The number of fused-ring (bicyclic) bond motifs is 1. The first kappa shape index (κ1) is 26.9. The molecule has 42 heavy (non-hydrogen) atoms. The number of para-hydroxylation sites is 2. The van der Waals surface area contributed by atoms with Crippen LogP contribution in [0.4, 0.5) is 5.82 Å². The Bertz CT molecular complexity index is 2050. The lowest BCUT2D eigenvalue weighted by molar-refractivity contribution is 0.103. The Morgan fingerprint density at radius 2 is 1.57 bits per heavy atom. The monoisotopic (exact) mass is 578 g/mol. The lowest BCUT2D eigenvalue weighted by Crippen LogP contribution is -2.19. The van der Waals surface area contributed by atoms with Crippen molar-refractivity contribution in [3.63, 3.8) is 0 Å². The molecule has 9 nitrogen and oxygen atoms in total. The highest BCUT2D eigenvalue weighted by molar-refractivity contribution is 7.90. The number of ether oxygens (including phenoxy) is 2. The number of hydrogen-bond acceptors (Lipinski definition) is 7. The first-order chi connectivity index (χ1) is 20.3. The standard InChI is InChI=1S/C32H26N4O5S/c1-21-12-15-25(16-13-21)42(38,39)36-27-11-7-6-8-22(27)18-28(36)31(37)26-20-34-35(32(26)33)23-14-17-29(30(19-23)40-2)41-24-9-4-3-5-10-24/h3-20H,33H2,1-2H3. The van der Waals surface area contributed by atoms with E-state index >= 15 is 0 Å². The third-order valence-corrected chi connectivity index (χ3v) is 8.61. The summed E-state index contributed by atoms with van der Waals surface area (Å²) in [5, 5.41) is 4.95. The smallest absolute Gasteiger partial charge is 0.268 e. The highest BCUT2D eigenvalue weighted by atomic mass is 32.2. The van der Waals surface area contributed by atoms with Crippen molar-refractivity contribution in [3.8, 4) is 22.9 Å². The van der Waals surface area contributed by atoms with E-state index in [-0.39, 0.29) is 22.0 Å². The quantitative estimate of drug-likeness (QED) is 0.221. The summed E-state index contributed by atoms with van der Waals surface area (Å²) in [6.45, 7) is 1.87. The maximum Gasteiger partial charge on any atom is 0.268 e. The third-order valence-electron chi connectivity index (χ3n) is 6.87. The van der Waals surface area contributed by atoms with Gasteiger partial charge < -0.3 is 15.2 Å². The number of benzene rings is 4. The Labute approximate surface area is 242 Å². The zero-order valence-electron chi connectivity index (χ0n) is 22.8. The maximum atomic E-state index is 14.0. The van der Waals surface area contributed by atoms with Crippen molar-refractivity contribution in [1.29, 1.82) is 0 Å². The van der Waals surface area contributed by atoms with Crippen molar-refractivity contribution in [2.24, 2.45) is 0 Å². The van der Waals surface area contributed by atoms with Gasteiger partial charge >= 0.3 is 0 Å². The Kier molecular flexibility index (Phi) is 6.75. The van der Waals surface area contributed by atoms with Gasteiger partial charge in [-0.1, -0.05) is 54.1 Å². The molecule has 0 aliphatic carbocycles. The van der Waals surface area contributed by atoms with Crippen LogP contribution in [0.25, 0.3) is 16.6 Å². The Morgan fingerprint density at radius 1 is 0.857 bits per heavy atom. The summed E-state index contributed by atoms with van der Waals surface area (Å²) in [5.74, 6) is 1.03. The number of nitrogens with two attached hydrogens (primary N) is 1. The van der Waals surface area contributed by atoms with Crippen molar-refractivity contribution >= 4 is 32.5 Å². The van der Waals surface area contributed by atoms with E-state index in [2.05, 4.69) is 5.10 Å². The van der Waals surface area contributed by atoms with Gasteiger partial charge in [0.05, 0.1) is 35.0 Å². The first-order valence-electron chi connectivity index (χ1n) is 13.0. The molecule has 2 aromatic heterocycles.